The van der Waals surface area contributed by atoms with E-state index in [0.717, 1.165) is 11.3 Å². The number of ether oxygens (including phenoxy) is 1. The minimum Gasteiger partial charge on any atom is -0.443 e. The highest BCUT2D eigenvalue weighted by Crippen LogP contribution is 2.39. The molecule has 0 unspecified atom stereocenters. The largest absolute Gasteiger partial charge is 0.443 e. The molecule has 0 fully saturated rings. The second-order valence-corrected chi connectivity index (χ2v) is 7.75. The molecule has 21 heavy (non-hydrogen) atoms. The molecule has 0 aromatic heterocycles. The van der Waals surface area contributed by atoms with Crippen molar-refractivity contribution >= 4 is 27.7 Å². The zero-order valence-corrected chi connectivity index (χ0v) is 14.8. The number of carbonyl (C=O) groups is 1. The number of amides is 1. The highest BCUT2D eigenvalue weighted by molar-refractivity contribution is 9.09. The summed E-state index contributed by atoms with van der Waals surface area (Å²) in [6.45, 7) is 6.24. The van der Waals surface area contributed by atoms with E-state index in [9.17, 15) is 4.79 Å². The maximum absolute atomic E-state index is 12.5. The summed E-state index contributed by atoms with van der Waals surface area (Å²) in [5.74, 6) is 0. The SMILES string of the molecule is CN(C)[C@@H]1c2ccccc2N(C(=O)OC(C)(C)C)C[C@H]1Br. The normalized spacial score (nSPS) is 22.1. The number of carbonyl (C=O) groups excluding carboxylic acids is 1. The number of rotatable bonds is 1. The molecule has 0 saturated heterocycles. The molecule has 2 atom stereocenters. The van der Waals surface area contributed by atoms with Gasteiger partial charge >= 0.3 is 6.09 Å². The van der Waals surface area contributed by atoms with Gasteiger partial charge < -0.3 is 9.64 Å². The van der Waals surface area contributed by atoms with E-state index < -0.39 is 5.60 Å². The highest BCUT2D eigenvalue weighted by Gasteiger charge is 2.37. The van der Waals surface area contributed by atoms with Gasteiger partial charge in [0.15, 0.2) is 0 Å². The Hall–Kier alpha value is -1.07. The van der Waals surface area contributed by atoms with E-state index in [2.05, 4.69) is 41.0 Å². The van der Waals surface area contributed by atoms with Crippen LogP contribution >= 0.6 is 15.9 Å². The Kier molecular flexibility index (Phi) is 4.63. The Morgan fingerprint density at radius 3 is 2.52 bits per heavy atom. The summed E-state index contributed by atoms with van der Waals surface area (Å²) in [6.07, 6.45) is -0.295. The zero-order chi connectivity index (χ0) is 15.8. The molecular weight excluding hydrogens is 332 g/mol. The Morgan fingerprint density at radius 1 is 1.33 bits per heavy atom. The average molecular weight is 355 g/mol. The van der Waals surface area contributed by atoms with E-state index in [0.29, 0.717) is 6.54 Å². The minimum atomic E-state index is -0.494. The Bertz CT molecular complexity index is 525. The van der Waals surface area contributed by atoms with Gasteiger partial charge in [-0.05, 0) is 46.5 Å². The van der Waals surface area contributed by atoms with Gasteiger partial charge in [-0.2, -0.15) is 0 Å². The van der Waals surface area contributed by atoms with Crippen molar-refractivity contribution < 1.29 is 9.53 Å². The second-order valence-electron chi connectivity index (χ2n) is 6.57. The quantitative estimate of drug-likeness (QED) is 0.719. The third-order valence-corrected chi connectivity index (χ3v) is 4.21. The molecule has 1 aliphatic heterocycles. The van der Waals surface area contributed by atoms with E-state index in [-0.39, 0.29) is 17.0 Å². The van der Waals surface area contributed by atoms with Gasteiger partial charge in [-0.15, -0.1) is 0 Å². The third-order valence-electron chi connectivity index (χ3n) is 3.42. The molecule has 5 heteroatoms. The van der Waals surface area contributed by atoms with Crippen LogP contribution in [0.2, 0.25) is 0 Å². The molecule has 1 aliphatic rings. The topological polar surface area (TPSA) is 32.8 Å². The third kappa shape index (κ3) is 3.58. The first-order valence-corrected chi connectivity index (χ1v) is 8.02. The lowest BCUT2D eigenvalue weighted by Gasteiger charge is -2.40. The molecule has 0 N–H and O–H groups in total. The molecule has 0 aliphatic carbocycles. The van der Waals surface area contributed by atoms with Gasteiger partial charge in [0.05, 0.1) is 16.6 Å². The molecular formula is C16H23BrN2O2. The monoisotopic (exact) mass is 354 g/mol. The van der Waals surface area contributed by atoms with Crippen molar-refractivity contribution in [3.63, 3.8) is 0 Å². The van der Waals surface area contributed by atoms with Gasteiger partial charge in [-0.3, -0.25) is 4.90 Å². The number of nitrogens with zero attached hydrogens (tertiary/aromatic N) is 2. The van der Waals surface area contributed by atoms with Crippen LogP contribution in [-0.2, 0) is 4.74 Å². The summed E-state index contributed by atoms with van der Waals surface area (Å²) >= 11 is 3.72. The molecule has 116 valence electrons. The molecule has 1 amide bonds. The minimum absolute atomic E-state index is 0.162. The van der Waals surface area contributed by atoms with Crippen LogP contribution in [0.4, 0.5) is 10.5 Å². The number of halogens is 1. The van der Waals surface area contributed by atoms with Crippen LogP contribution in [0.25, 0.3) is 0 Å². The number of para-hydroxylation sites is 1. The summed E-state index contributed by atoms with van der Waals surface area (Å²) in [4.78, 5) is 16.5. The van der Waals surface area contributed by atoms with Crippen LogP contribution in [0.3, 0.4) is 0 Å². The molecule has 2 rings (SSSR count). The zero-order valence-electron chi connectivity index (χ0n) is 13.3. The fraction of sp³-hybridized carbons (Fsp3) is 0.562. The van der Waals surface area contributed by atoms with Crippen molar-refractivity contribution in [3.8, 4) is 0 Å². The van der Waals surface area contributed by atoms with Crippen molar-refractivity contribution in [1.29, 1.82) is 0 Å². The Balaban J connectivity index is 2.37. The number of anilines is 1. The van der Waals surface area contributed by atoms with Gasteiger partial charge in [0, 0.05) is 6.54 Å². The molecule has 0 bridgehead atoms. The lowest BCUT2D eigenvalue weighted by molar-refractivity contribution is 0.0574. The number of hydrogen-bond donors (Lipinski definition) is 0. The smallest absolute Gasteiger partial charge is 0.414 e. The van der Waals surface area contributed by atoms with Crippen molar-refractivity contribution in [2.45, 2.75) is 37.2 Å². The van der Waals surface area contributed by atoms with Crippen LogP contribution in [-0.4, -0.2) is 42.1 Å². The molecule has 0 spiro atoms. The van der Waals surface area contributed by atoms with Crippen LogP contribution in [0.5, 0.6) is 0 Å². The summed E-state index contributed by atoms with van der Waals surface area (Å²) < 4.78 is 5.53. The van der Waals surface area contributed by atoms with Crippen LogP contribution < -0.4 is 4.90 Å². The van der Waals surface area contributed by atoms with Gasteiger partial charge in [0.25, 0.3) is 0 Å². The Morgan fingerprint density at radius 2 is 1.95 bits per heavy atom. The molecule has 0 saturated carbocycles. The van der Waals surface area contributed by atoms with Crippen molar-refractivity contribution in [2.75, 3.05) is 25.5 Å². The first-order chi connectivity index (χ1) is 9.70. The van der Waals surface area contributed by atoms with Crippen molar-refractivity contribution in [2.24, 2.45) is 0 Å². The first-order valence-electron chi connectivity index (χ1n) is 7.10. The van der Waals surface area contributed by atoms with Crippen molar-refractivity contribution in [3.05, 3.63) is 29.8 Å². The van der Waals surface area contributed by atoms with E-state index in [4.69, 9.17) is 4.74 Å². The van der Waals surface area contributed by atoms with E-state index >= 15 is 0 Å². The molecule has 0 radical (unpaired) electrons. The van der Waals surface area contributed by atoms with Crippen LogP contribution in [0.15, 0.2) is 24.3 Å². The van der Waals surface area contributed by atoms with E-state index in [1.165, 1.54) is 0 Å². The van der Waals surface area contributed by atoms with Crippen LogP contribution in [0, 0.1) is 0 Å². The first kappa shape index (κ1) is 16.3. The molecule has 1 aromatic rings. The molecule has 1 heterocycles. The summed E-state index contributed by atoms with van der Waals surface area (Å²) in [7, 11) is 4.11. The fourth-order valence-electron chi connectivity index (χ4n) is 2.64. The van der Waals surface area contributed by atoms with Gasteiger partial charge in [-0.1, -0.05) is 34.1 Å². The lowest BCUT2D eigenvalue weighted by Crippen LogP contribution is -2.47. The van der Waals surface area contributed by atoms with Gasteiger partial charge in [0.2, 0.25) is 0 Å². The maximum Gasteiger partial charge on any atom is 0.414 e. The second kappa shape index (κ2) is 5.97. The summed E-state index contributed by atoms with van der Waals surface area (Å²) in [5, 5.41) is 0. The highest BCUT2D eigenvalue weighted by atomic mass is 79.9. The lowest BCUT2D eigenvalue weighted by atomic mass is 9.95. The summed E-state index contributed by atoms with van der Waals surface area (Å²) in [5.41, 5.74) is 1.58. The van der Waals surface area contributed by atoms with Crippen molar-refractivity contribution in [1.82, 2.24) is 4.90 Å². The Labute approximate surface area is 135 Å². The predicted octanol–water partition coefficient (Wildman–Crippen LogP) is 3.81. The standard InChI is InChI=1S/C16H23BrN2O2/c1-16(2,3)21-15(20)19-10-12(17)14(18(4)5)11-8-6-7-9-13(11)19/h6-9,12,14H,10H2,1-5H3/t12-,14-/m1/s1. The number of fused-ring (bicyclic) bond motifs is 1. The van der Waals surface area contributed by atoms with E-state index in [1.54, 1.807) is 4.90 Å². The van der Waals surface area contributed by atoms with Crippen LogP contribution in [0.1, 0.15) is 32.4 Å². The van der Waals surface area contributed by atoms with Gasteiger partial charge in [-0.25, -0.2) is 4.79 Å². The molecule has 1 aromatic carbocycles. The number of benzene rings is 1. The fourth-order valence-corrected chi connectivity index (χ4v) is 3.69. The maximum atomic E-state index is 12.5. The summed E-state index contributed by atoms with van der Waals surface area (Å²) in [6, 6.07) is 8.25. The molecule has 4 nitrogen and oxygen atoms in total. The van der Waals surface area contributed by atoms with Gasteiger partial charge in [0.1, 0.15) is 5.60 Å². The van der Waals surface area contributed by atoms with E-state index in [1.807, 2.05) is 39.0 Å². The number of alkyl halides is 1. The average Bonchev–Trinajstić information content (AvgIpc) is 2.35. The number of hydrogen-bond acceptors (Lipinski definition) is 3. The predicted molar refractivity (Wildman–Crippen MR) is 89.2 cm³/mol.